The van der Waals surface area contributed by atoms with Gasteiger partial charge in [0.2, 0.25) is 10.0 Å². The van der Waals surface area contributed by atoms with E-state index in [1.54, 1.807) is 13.8 Å². The molecule has 10 atom stereocenters. The average molecular weight is 1540 g/mol. The Balaban J connectivity index is 0.000000162. The maximum Gasteiger partial charge on any atom is 0.407 e. The largest absolute Gasteiger partial charge is 0.481 e. The van der Waals surface area contributed by atoms with Crippen molar-refractivity contribution in [3.63, 3.8) is 0 Å². The van der Waals surface area contributed by atoms with E-state index in [-0.39, 0.29) is 47.1 Å². The van der Waals surface area contributed by atoms with Gasteiger partial charge in [0.1, 0.15) is 5.60 Å². The molecule has 0 bridgehead atoms. The lowest BCUT2D eigenvalue weighted by Gasteiger charge is -2.19. The van der Waals surface area contributed by atoms with Crippen LogP contribution in [0.25, 0.3) is 6.08 Å². The van der Waals surface area contributed by atoms with Crippen LogP contribution in [-0.4, -0.2) is 67.1 Å². The first-order valence-electron chi connectivity index (χ1n) is 27.6. The summed E-state index contributed by atoms with van der Waals surface area (Å²) in [7, 11) is -3.14. The second-order valence-corrected chi connectivity index (χ2v) is 30.0. The van der Waals surface area contributed by atoms with Gasteiger partial charge >= 0.3 is 18.0 Å². The molecule has 444 valence electrons. The first-order valence-corrected chi connectivity index (χ1v) is 33.9. The van der Waals surface area contributed by atoms with E-state index in [2.05, 4.69) is 161 Å². The zero-order chi connectivity index (χ0) is 60.8. The van der Waals surface area contributed by atoms with E-state index < -0.39 is 21.6 Å². The number of nitrogens with two attached hydrogens (primary N) is 1. The molecule has 0 saturated heterocycles. The zero-order valence-corrected chi connectivity index (χ0v) is 57.6. The van der Waals surface area contributed by atoms with Crippen LogP contribution in [0.4, 0.5) is 4.79 Å². The number of sulfonamides is 1. The maximum absolute atomic E-state index is 11.7. The Labute approximate surface area is 541 Å². The third-order valence-electron chi connectivity index (χ3n) is 14.1. The van der Waals surface area contributed by atoms with Crippen LogP contribution < -0.4 is 15.8 Å². The zero-order valence-electron chi connectivity index (χ0n) is 47.3. The van der Waals surface area contributed by atoms with Gasteiger partial charge in [0.15, 0.2) is 0 Å². The lowest BCUT2D eigenvalue weighted by molar-refractivity contribution is -0.144. The SMILES string of the molecule is C=Cc1ccc(Br)cc1.CC(C)(C)OC(=O)NC1CC1c1ccc(Br)cc1.CC(C)S(=O)(=O)NC1CC1c1ccc(Br)cc1.CCOC(=O)C1CC1c1ccc(Br)cc1.NC1CC1c1ccc(Br)cc1.O=C(O)C1CC1c1ccc(Br)cc1. The van der Waals surface area contributed by atoms with Crippen molar-refractivity contribution in [2.24, 2.45) is 17.6 Å². The summed E-state index contributed by atoms with van der Waals surface area (Å²) in [6.45, 7) is 14.9. The molecular weight excluding hydrogens is 1460 g/mol. The summed E-state index contributed by atoms with van der Waals surface area (Å²) in [5.41, 5.74) is 12.6. The highest BCUT2D eigenvalue weighted by atomic mass is 79.9. The number of carboxylic acids is 1. The monoisotopic (exact) mass is 1530 g/mol. The molecule has 5 saturated carbocycles. The minimum absolute atomic E-state index is 0.0505. The molecule has 5 N–H and O–H groups in total. The Kier molecular flexibility index (Phi) is 25.9. The summed E-state index contributed by atoms with van der Waals surface area (Å²) >= 11 is 20.3. The molecule has 0 aromatic heterocycles. The van der Waals surface area contributed by atoms with E-state index in [0.29, 0.717) is 36.3 Å². The third kappa shape index (κ3) is 23.3. The molecule has 5 aliphatic rings. The third-order valence-corrected chi connectivity index (χ3v) is 19.2. The van der Waals surface area contributed by atoms with Crippen molar-refractivity contribution < 1.29 is 37.4 Å². The molecule has 0 heterocycles. The smallest absolute Gasteiger partial charge is 0.407 e. The molecule has 5 fully saturated rings. The molecule has 10 unspecified atom stereocenters. The van der Waals surface area contributed by atoms with E-state index in [4.69, 9.17) is 20.3 Å². The van der Waals surface area contributed by atoms with E-state index in [1.165, 1.54) is 22.3 Å². The number of carboxylic acid groups (broad SMARTS) is 1. The topological polar surface area (TPSA) is 174 Å². The molecule has 6 aromatic carbocycles. The van der Waals surface area contributed by atoms with Gasteiger partial charge in [-0.3, -0.25) is 9.59 Å². The van der Waals surface area contributed by atoms with Crippen LogP contribution in [0.3, 0.4) is 0 Å². The number of carbonyl (C=O) groups excluding carboxylic acids is 2. The number of amides is 1. The van der Waals surface area contributed by atoms with Crippen LogP contribution in [0.15, 0.2) is 179 Å². The van der Waals surface area contributed by atoms with Crippen molar-refractivity contribution in [1.82, 2.24) is 10.0 Å². The van der Waals surface area contributed by atoms with Crippen LogP contribution in [0.1, 0.15) is 137 Å². The Morgan fingerprint density at radius 1 is 0.578 bits per heavy atom. The Bertz CT molecular complexity index is 3180. The van der Waals surface area contributed by atoms with Crippen molar-refractivity contribution in [1.29, 1.82) is 0 Å². The molecule has 0 spiro atoms. The highest BCUT2D eigenvalue weighted by Crippen LogP contribution is 2.49. The average Bonchev–Trinajstić information content (AvgIpc) is 4.40. The number of aliphatic carboxylic acids is 1. The first kappa shape index (κ1) is 68.1. The van der Waals surface area contributed by atoms with Gasteiger partial charge in [0.25, 0.3) is 0 Å². The summed E-state index contributed by atoms with van der Waals surface area (Å²) in [5.74, 6) is 1.21. The van der Waals surface area contributed by atoms with Gasteiger partial charge in [0.05, 0.1) is 23.7 Å². The maximum atomic E-state index is 11.7. The van der Waals surface area contributed by atoms with Crippen LogP contribution in [0.2, 0.25) is 0 Å². The predicted molar refractivity (Wildman–Crippen MR) is 355 cm³/mol. The predicted octanol–water partition coefficient (Wildman–Crippen LogP) is 17.6. The van der Waals surface area contributed by atoms with Crippen molar-refractivity contribution >= 4 is 130 Å². The van der Waals surface area contributed by atoms with Gasteiger partial charge in [-0.05, 0) is 192 Å². The Morgan fingerprint density at radius 3 is 1.25 bits per heavy atom. The molecular formula is C65H73Br6N3O8S. The number of alkyl carbamates (subject to hydrolysis) is 1. The first-order chi connectivity index (χ1) is 39.2. The van der Waals surface area contributed by atoms with E-state index in [0.717, 1.165) is 70.1 Å². The molecule has 83 heavy (non-hydrogen) atoms. The van der Waals surface area contributed by atoms with Crippen LogP contribution >= 0.6 is 95.6 Å². The number of esters is 1. The number of carbonyl (C=O) groups is 3. The van der Waals surface area contributed by atoms with Crippen LogP contribution in [0.5, 0.6) is 0 Å². The van der Waals surface area contributed by atoms with E-state index in [1.807, 2.05) is 131 Å². The lowest BCUT2D eigenvalue weighted by Crippen LogP contribution is -2.34. The van der Waals surface area contributed by atoms with Gasteiger partial charge in [-0.25, -0.2) is 17.9 Å². The van der Waals surface area contributed by atoms with Crippen molar-refractivity contribution in [2.45, 2.75) is 132 Å². The minimum atomic E-state index is -3.14. The van der Waals surface area contributed by atoms with Gasteiger partial charge in [-0.2, -0.15) is 0 Å². The van der Waals surface area contributed by atoms with Crippen LogP contribution in [0, 0.1) is 11.8 Å². The molecule has 0 radical (unpaired) electrons. The highest BCUT2D eigenvalue weighted by Gasteiger charge is 2.46. The summed E-state index contributed by atoms with van der Waals surface area (Å²) in [6, 6.07) is 49.4. The van der Waals surface area contributed by atoms with Crippen LogP contribution in [-0.2, 0) is 29.1 Å². The second kappa shape index (κ2) is 31.6. The number of hydrogen-bond donors (Lipinski definition) is 4. The molecule has 5 aliphatic carbocycles. The van der Waals surface area contributed by atoms with Gasteiger partial charge in [0, 0.05) is 62.7 Å². The summed E-state index contributed by atoms with van der Waals surface area (Å²) in [4.78, 5) is 33.6. The molecule has 1 amide bonds. The van der Waals surface area contributed by atoms with Crippen molar-refractivity contribution in [2.75, 3.05) is 6.61 Å². The minimum Gasteiger partial charge on any atom is -0.481 e. The number of hydrogen-bond acceptors (Lipinski definition) is 8. The fourth-order valence-electron chi connectivity index (χ4n) is 8.88. The number of halogens is 6. The number of nitrogens with one attached hydrogen (secondary N) is 2. The van der Waals surface area contributed by atoms with Gasteiger partial charge in [-0.1, -0.05) is 181 Å². The standard InChI is InChI=1S/C14H18BrNO2.C12H16BrNO2S.C12H13BrO2.C10H9BrO2.C9H10BrN.C8H7Br/c1-14(2,3)18-13(17)16-12-8-11(12)9-4-6-10(15)7-5-9;1-8(2)17(15,16)14-12-7-11(12)9-3-5-10(13)6-4-9;1-2-15-12(14)11-7-10(11)8-3-5-9(13)6-4-8;11-7-3-1-6(2-4-7)8-5-9(8)10(12)13;10-7-3-1-6(2-4-7)8-5-9(8)11;1-2-7-3-5-8(9)6-4-7/h4-7,11-12H,8H2,1-3H3,(H,16,17);3-6,8,11-12,14H,7H2,1-2H3;3-6,10-11H,2,7H2,1H3;1-4,8-9H,5H2,(H,12,13);1-4,8-9H,5,11H2;2-6H,1H2. The fourth-order valence-corrected chi connectivity index (χ4v) is 11.4. The molecule has 11 rings (SSSR count). The fraction of sp³-hybridized carbons (Fsp3) is 0.369. The Morgan fingerprint density at radius 2 is 0.916 bits per heavy atom. The molecule has 18 heteroatoms. The lowest BCUT2D eigenvalue weighted by atomic mass is 10.1. The molecule has 11 nitrogen and oxygen atoms in total. The number of benzene rings is 6. The normalized spacial score (nSPS) is 22.8. The second-order valence-electron chi connectivity index (χ2n) is 22.3. The number of rotatable bonds is 13. The Hall–Kier alpha value is -3.98. The number of ether oxygens (including phenoxy) is 2. The highest BCUT2D eigenvalue weighted by molar-refractivity contribution is 9.11. The summed E-state index contributed by atoms with van der Waals surface area (Å²) in [5, 5.41) is 11.3. The molecule has 6 aromatic rings. The van der Waals surface area contributed by atoms with Gasteiger partial charge < -0.3 is 25.6 Å². The van der Waals surface area contributed by atoms with Crippen molar-refractivity contribution in [3.05, 3.63) is 212 Å². The quantitative estimate of drug-likeness (QED) is 0.0821. The van der Waals surface area contributed by atoms with Crippen molar-refractivity contribution in [3.8, 4) is 0 Å². The van der Waals surface area contributed by atoms with E-state index in [9.17, 15) is 22.8 Å². The van der Waals surface area contributed by atoms with E-state index >= 15 is 0 Å². The molecule has 0 aliphatic heterocycles. The summed E-state index contributed by atoms with van der Waals surface area (Å²) in [6.07, 6.45) is 6.26. The summed E-state index contributed by atoms with van der Waals surface area (Å²) < 4.78 is 42.8. The van der Waals surface area contributed by atoms with Gasteiger partial charge in [-0.15, -0.1) is 0 Å².